The van der Waals surface area contributed by atoms with Gasteiger partial charge in [-0.1, -0.05) is 12.8 Å². The maximum Gasteiger partial charge on any atom is 0.165 e. The van der Waals surface area contributed by atoms with Gasteiger partial charge >= 0.3 is 0 Å². The molecule has 0 spiro atoms. The zero-order valence-electron chi connectivity index (χ0n) is 8.43. The number of rotatable bonds is 1. The second-order valence-electron chi connectivity index (χ2n) is 4.09. The van der Waals surface area contributed by atoms with E-state index in [0.717, 1.165) is 5.65 Å². The van der Waals surface area contributed by atoms with Gasteiger partial charge in [0.05, 0.1) is 0 Å². The van der Waals surface area contributed by atoms with Crippen LogP contribution in [0.4, 0.5) is 0 Å². The van der Waals surface area contributed by atoms with Crippen LogP contribution < -0.4 is 0 Å². The summed E-state index contributed by atoms with van der Waals surface area (Å²) in [5.41, 5.74) is 1.54. The topological polar surface area (TPSA) is 46.0 Å². The van der Waals surface area contributed by atoms with E-state index in [9.17, 15) is 0 Å². The molecule has 1 aliphatic carbocycles. The molecule has 15 heavy (non-hydrogen) atoms. The van der Waals surface area contributed by atoms with Crippen molar-refractivity contribution in [3.63, 3.8) is 0 Å². The Hall–Kier alpha value is -1.76. The highest BCUT2D eigenvalue weighted by molar-refractivity contribution is 5.45. The fourth-order valence-corrected chi connectivity index (χ4v) is 2.44. The number of imidazole rings is 1. The largest absolute Gasteiger partial charge is 0.328 e. The van der Waals surface area contributed by atoms with E-state index >= 15 is 0 Å². The second-order valence-corrected chi connectivity index (χ2v) is 4.09. The number of nitrogens with zero attached hydrogens (tertiary/aromatic N) is 4. The van der Waals surface area contributed by atoms with Gasteiger partial charge in [-0.3, -0.25) is 0 Å². The number of hydrogen-bond acceptors (Lipinski definition) is 2. The molecule has 0 bridgehead atoms. The number of fused-ring (bicyclic) bond motifs is 1. The molecule has 4 heteroatoms. The predicted molar refractivity (Wildman–Crippen MR) is 55.4 cm³/mol. The van der Waals surface area contributed by atoms with E-state index in [2.05, 4.69) is 21.9 Å². The lowest BCUT2D eigenvalue weighted by Crippen LogP contribution is -2.02. The summed E-state index contributed by atoms with van der Waals surface area (Å²) >= 11 is 0. The van der Waals surface area contributed by atoms with Crippen LogP contribution in [0.2, 0.25) is 0 Å². The smallest absolute Gasteiger partial charge is 0.165 e. The summed E-state index contributed by atoms with van der Waals surface area (Å²) < 4.78 is 4.04. The molecule has 0 aliphatic heterocycles. The third-order valence-corrected chi connectivity index (χ3v) is 3.18. The van der Waals surface area contributed by atoms with Gasteiger partial charge in [-0.2, -0.15) is 10.4 Å². The van der Waals surface area contributed by atoms with Crippen LogP contribution >= 0.6 is 0 Å². The van der Waals surface area contributed by atoms with Gasteiger partial charge in [0, 0.05) is 24.5 Å². The molecule has 0 atom stereocenters. The Bertz CT molecular complexity index is 522. The average molecular weight is 200 g/mol. The summed E-state index contributed by atoms with van der Waals surface area (Å²) in [6, 6.07) is 4.54. The van der Waals surface area contributed by atoms with Crippen molar-refractivity contribution in [1.82, 2.24) is 14.2 Å². The minimum Gasteiger partial charge on any atom is -0.328 e. The van der Waals surface area contributed by atoms with E-state index < -0.39 is 0 Å². The molecule has 1 saturated carbocycles. The SMILES string of the molecule is N#Cc1cc2n(C3CCCC3)ccn2n1. The highest BCUT2D eigenvalue weighted by Gasteiger charge is 2.18. The van der Waals surface area contributed by atoms with E-state index in [-0.39, 0.29) is 0 Å². The number of aromatic nitrogens is 3. The fraction of sp³-hybridized carbons (Fsp3) is 0.455. The summed E-state index contributed by atoms with van der Waals surface area (Å²) in [5, 5.41) is 12.9. The molecule has 0 radical (unpaired) electrons. The third-order valence-electron chi connectivity index (χ3n) is 3.18. The first-order valence-electron chi connectivity index (χ1n) is 5.35. The summed E-state index contributed by atoms with van der Waals surface area (Å²) in [4.78, 5) is 0. The summed E-state index contributed by atoms with van der Waals surface area (Å²) in [7, 11) is 0. The maximum absolute atomic E-state index is 8.78. The van der Waals surface area contributed by atoms with Crippen molar-refractivity contribution in [2.75, 3.05) is 0 Å². The van der Waals surface area contributed by atoms with Gasteiger partial charge in [0.25, 0.3) is 0 Å². The van der Waals surface area contributed by atoms with Crippen molar-refractivity contribution < 1.29 is 0 Å². The van der Waals surface area contributed by atoms with Gasteiger partial charge in [-0.05, 0) is 12.8 Å². The Kier molecular flexibility index (Phi) is 1.78. The summed E-state index contributed by atoms with van der Waals surface area (Å²) in [5.74, 6) is 0. The summed E-state index contributed by atoms with van der Waals surface area (Å²) in [6.45, 7) is 0. The van der Waals surface area contributed by atoms with Crippen LogP contribution in [-0.2, 0) is 0 Å². The van der Waals surface area contributed by atoms with Crippen molar-refractivity contribution in [1.29, 1.82) is 5.26 Å². The molecule has 0 unspecified atom stereocenters. The van der Waals surface area contributed by atoms with Gasteiger partial charge < -0.3 is 4.57 Å². The number of hydrogen-bond donors (Lipinski definition) is 0. The molecule has 2 aromatic heterocycles. The van der Waals surface area contributed by atoms with Crippen LogP contribution in [0, 0.1) is 11.3 Å². The van der Waals surface area contributed by atoms with Gasteiger partial charge in [0.1, 0.15) is 11.7 Å². The van der Waals surface area contributed by atoms with Crippen molar-refractivity contribution in [2.24, 2.45) is 0 Å². The van der Waals surface area contributed by atoms with Crippen molar-refractivity contribution in [2.45, 2.75) is 31.7 Å². The minimum atomic E-state index is 0.498. The maximum atomic E-state index is 8.78. The zero-order chi connectivity index (χ0) is 10.3. The van der Waals surface area contributed by atoms with Crippen LogP contribution in [0.1, 0.15) is 37.4 Å². The van der Waals surface area contributed by atoms with Crippen LogP contribution in [0.15, 0.2) is 18.5 Å². The predicted octanol–water partition coefficient (Wildman–Crippen LogP) is 2.12. The first kappa shape index (κ1) is 8.54. The molecular formula is C11H12N4. The molecule has 0 N–H and O–H groups in total. The zero-order valence-corrected chi connectivity index (χ0v) is 8.43. The van der Waals surface area contributed by atoms with Gasteiger partial charge in [-0.15, -0.1) is 0 Å². The van der Waals surface area contributed by atoms with E-state index in [1.54, 1.807) is 4.52 Å². The molecular weight excluding hydrogens is 188 g/mol. The Morgan fingerprint density at radius 2 is 2.13 bits per heavy atom. The van der Waals surface area contributed by atoms with Crippen LogP contribution in [0.25, 0.3) is 5.65 Å². The highest BCUT2D eigenvalue weighted by atomic mass is 15.3. The molecule has 0 amide bonds. The summed E-state index contributed by atoms with van der Waals surface area (Å²) in [6.07, 6.45) is 9.12. The van der Waals surface area contributed by atoms with Crippen molar-refractivity contribution >= 4 is 5.65 Å². The van der Waals surface area contributed by atoms with Crippen LogP contribution in [0.3, 0.4) is 0 Å². The van der Waals surface area contributed by atoms with Crippen LogP contribution in [-0.4, -0.2) is 14.2 Å². The lowest BCUT2D eigenvalue weighted by molar-refractivity contribution is 0.533. The van der Waals surface area contributed by atoms with Crippen molar-refractivity contribution in [3.8, 4) is 6.07 Å². The lowest BCUT2D eigenvalue weighted by atomic mass is 10.2. The van der Waals surface area contributed by atoms with E-state index in [1.807, 2.05) is 12.3 Å². The van der Waals surface area contributed by atoms with Crippen LogP contribution in [0.5, 0.6) is 0 Å². The second kappa shape index (κ2) is 3.13. The Labute approximate surface area is 87.7 Å². The Balaban J connectivity index is 2.10. The highest BCUT2D eigenvalue weighted by Crippen LogP contribution is 2.30. The third kappa shape index (κ3) is 1.23. The van der Waals surface area contributed by atoms with E-state index in [0.29, 0.717) is 11.7 Å². The van der Waals surface area contributed by atoms with E-state index in [1.165, 1.54) is 25.7 Å². The molecule has 1 aliphatic rings. The molecule has 4 nitrogen and oxygen atoms in total. The molecule has 3 rings (SSSR count). The van der Waals surface area contributed by atoms with Gasteiger partial charge in [-0.25, -0.2) is 4.52 Å². The van der Waals surface area contributed by atoms with E-state index in [4.69, 9.17) is 5.26 Å². The minimum absolute atomic E-state index is 0.498. The van der Waals surface area contributed by atoms with Gasteiger partial charge in [0.2, 0.25) is 0 Å². The molecule has 0 saturated heterocycles. The molecule has 76 valence electrons. The first-order chi connectivity index (χ1) is 7.38. The Morgan fingerprint density at radius 3 is 2.87 bits per heavy atom. The van der Waals surface area contributed by atoms with Crippen molar-refractivity contribution in [3.05, 3.63) is 24.2 Å². The molecule has 2 aromatic rings. The standard InChI is InChI=1S/C11H12N4/c12-8-9-7-11-14(5-6-15(11)13-9)10-3-1-2-4-10/h5-7,10H,1-4H2. The monoisotopic (exact) mass is 200 g/mol. The number of nitriles is 1. The average Bonchev–Trinajstić information content (AvgIpc) is 2.92. The normalized spacial score (nSPS) is 17.3. The quantitative estimate of drug-likeness (QED) is 0.707. The molecule has 1 fully saturated rings. The first-order valence-corrected chi connectivity index (χ1v) is 5.35. The molecule has 0 aromatic carbocycles. The molecule has 2 heterocycles. The Morgan fingerprint density at radius 1 is 1.33 bits per heavy atom. The lowest BCUT2D eigenvalue weighted by Gasteiger charge is -2.10. The van der Waals surface area contributed by atoms with Gasteiger partial charge in [0.15, 0.2) is 5.69 Å². The fourth-order valence-electron chi connectivity index (χ4n) is 2.44.